The molecular formula is C12H24O2. The Kier molecular flexibility index (Phi) is 8.95. The van der Waals surface area contributed by atoms with Crippen molar-refractivity contribution in [3.05, 3.63) is 0 Å². The van der Waals surface area contributed by atoms with E-state index in [-0.39, 0.29) is 5.78 Å². The van der Waals surface area contributed by atoms with Crippen LogP contribution in [-0.4, -0.2) is 17.0 Å². The number of unbranched alkanes of at least 4 members (excludes halogenated alkanes) is 4. The molecular weight excluding hydrogens is 176 g/mol. The van der Waals surface area contributed by atoms with Gasteiger partial charge in [0.05, 0.1) is 0 Å². The van der Waals surface area contributed by atoms with E-state index in [4.69, 9.17) is 0 Å². The highest BCUT2D eigenvalue weighted by Gasteiger charge is 2.12. The number of carbonyl (C=O) groups is 1. The highest BCUT2D eigenvalue weighted by atomic mass is 16.3. The van der Waals surface area contributed by atoms with E-state index in [0.717, 1.165) is 19.3 Å². The molecule has 0 fully saturated rings. The molecule has 0 aromatic rings. The molecule has 0 aliphatic rings. The number of aliphatic hydroxyl groups excluding tert-OH is 1. The molecule has 0 heterocycles. The summed E-state index contributed by atoms with van der Waals surface area (Å²) < 4.78 is 0. The maximum atomic E-state index is 11.3. The van der Waals surface area contributed by atoms with Crippen molar-refractivity contribution in [3.63, 3.8) is 0 Å². The van der Waals surface area contributed by atoms with Crippen LogP contribution in [0.4, 0.5) is 0 Å². The predicted octanol–water partition coefficient (Wildman–Crippen LogP) is 3.08. The van der Waals surface area contributed by atoms with Crippen LogP contribution in [0.1, 0.15) is 65.2 Å². The first-order valence-corrected chi connectivity index (χ1v) is 5.93. The van der Waals surface area contributed by atoms with Gasteiger partial charge in [-0.25, -0.2) is 0 Å². The highest BCUT2D eigenvalue weighted by Crippen LogP contribution is 2.08. The molecule has 2 heteroatoms. The van der Waals surface area contributed by atoms with Crippen molar-refractivity contribution in [1.82, 2.24) is 0 Å². The molecule has 0 saturated heterocycles. The third-order valence-corrected chi connectivity index (χ3v) is 2.46. The summed E-state index contributed by atoms with van der Waals surface area (Å²) in [6.07, 6.45) is 7.12. The number of rotatable bonds is 9. The molecule has 0 spiro atoms. The Hall–Kier alpha value is -0.370. The lowest BCUT2D eigenvalue weighted by Gasteiger charge is -2.07. The van der Waals surface area contributed by atoms with E-state index in [9.17, 15) is 9.90 Å². The molecule has 2 nitrogen and oxygen atoms in total. The molecule has 0 rings (SSSR count). The summed E-state index contributed by atoms with van der Waals surface area (Å²) in [6.45, 7) is 4.16. The quantitative estimate of drug-likeness (QED) is 0.581. The lowest BCUT2D eigenvalue weighted by Crippen LogP contribution is -2.19. The maximum Gasteiger partial charge on any atom is 0.161 e. The van der Waals surface area contributed by atoms with Gasteiger partial charge in [-0.3, -0.25) is 4.79 Å². The zero-order chi connectivity index (χ0) is 10.8. The van der Waals surface area contributed by atoms with Gasteiger partial charge < -0.3 is 5.11 Å². The second kappa shape index (κ2) is 9.20. The fourth-order valence-corrected chi connectivity index (χ4v) is 1.50. The fourth-order valence-electron chi connectivity index (χ4n) is 1.50. The summed E-state index contributed by atoms with van der Waals surface area (Å²) in [7, 11) is 0. The van der Waals surface area contributed by atoms with E-state index >= 15 is 0 Å². The smallest absolute Gasteiger partial charge is 0.161 e. The Balaban J connectivity index is 3.34. The van der Waals surface area contributed by atoms with E-state index in [1.807, 2.05) is 6.92 Å². The molecule has 0 aromatic heterocycles. The molecule has 14 heavy (non-hydrogen) atoms. The van der Waals surface area contributed by atoms with Gasteiger partial charge in [-0.05, 0) is 12.8 Å². The molecule has 1 atom stereocenters. The average molecular weight is 200 g/mol. The first-order chi connectivity index (χ1) is 6.72. The monoisotopic (exact) mass is 200 g/mol. The van der Waals surface area contributed by atoms with Gasteiger partial charge in [0.1, 0.15) is 6.10 Å². The lowest BCUT2D eigenvalue weighted by molar-refractivity contribution is -0.127. The minimum Gasteiger partial charge on any atom is -0.385 e. The molecule has 0 aliphatic heterocycles. The summed E-state index contributed by atoms with van der Waals surface area (Å²) in [5.41, 5.74) is 0. The van der Waals surface area contributed by atoms with Gasteiger partial charge >= 0.3 is 0 Å². The van der Waals surface area contributed by atoms with Gasteiger partial charge in [-0.15, -0.1) is 0 Å². The molecule has 0 radical (unpaired) electrons. The molecule has 0 aromatic carbocycles. The van der Waals surface area contributed by atoms with Gasteiger partial charge in [0.2, 0.25) is 0 Å². The van der Waals surface area contributed by atoms with Crippen molar-refractivity contribution in [2.24, 2.45) is 0 Å². The van der Waals surface area contributed by atoms with E-state index in [2.05, 4.69) is 6.92 Å². The minimum absolute atomic E-state index is 0.0309. The lowest BCUT2D eigenvalue weighted by atomic mass is 10.0. The van der Waals surface area contributed by atoms with Crippen LogP contribution in [0.15, 0.2) is 0 Å². The Bertz CT molecular complexity index is 143. The number of hydrogen-bond donors (Lipinski definition) is 1. The predicted molar refractivity (Wildman–Crippen MR) is 59.3 cm³/mol. The van der Waals surface area contributed by atoms with Gasteiger partial charge in [0, 0.05) is 6.42 Å². The van der Waals surface area contributed by atoms with Crippen LogP contribution in [0.3, 0.4) is 0 Å². The number of carbonyl (C=O) groups excluding carboxylic acids is 1. The molecule has 0 saturated carbocycles. The van der Waals surface area contributed by atoms with E-state index in [0.29, 0.717) is 12.8 Å². The Morgan fingerprint density at radius 1 is 1.07 bits per heavy atom. The van der Waals surface area contributed by atoms with Gasteiger partial charge in [-0.1, -0.05) is 46.0 Å². The van der Waals surface area contributed by atoms with Gasteiger partial charge in [0.25, 0.3) is 0 Å². The van der Waals surface area contributed by atoms with Crippen molar-refractivity contribution in [3.8, 4) is 0 Å². The van der Waals surface area contributed by atoms with Crippen molar-refractivity contribution in [2.45, 2.75) is 71.3 Å². The van der Waals surface area contributed by atoms with Crippen molar-refractivity contribution < 1.29 is 9.90 Å². The molecule has 0 aliphatic carbocycles. The van der Waals surface area contributed by atoms with Crippen LogP contribution in [0.25, 0.3) is 0 Å². The number of aliphatic hydroxyl groups is 1. The molecule has 0 amide bonds. The molecule has 0 bridgehead atoms. The summed E-state index contributed by atoms with van der Waals surface area (Å²) in [5, 5.41) is 9.37. The molecule has 1 unspecified atom stereocenters. The van der Waals surface area contributed by atoms with E-state index < -0.39 is 6.10 Å². The third kappa shape index (κ3) is 7.07. The summed E-state index contributed by atoms with van der Waals surface area (Å²) in [5.74, 6) is 0.0309. The van der Waals surface area contributed by atoms with Gasteiger partial charge in [0.15, 0.2) is 5.78 Å². The third-order valence-electron chi connectivity index (χ3n) is 2.46. The normalized spacial score (nSPS) is 12.8. The summed E-state index contributed by atoms with van der Waals surface area (Å²) in [4.78, 5) is 11.3. The van der Waals surface area contributed by atoms with Crippen molar-refractivity contribution in [1.29, 1.82) is 0 Å². The largest absolute Gasteiger partial charge is 0.385 e. The fraction of sp³-hybridized carbons (Fsp3) is 0.917. The topological polar surface area (TPSA) is 37.3 Å². The summed E-state index contributed by atoms with van der Waals surface area (Å²) >= 11 is 0. The zero-order valence-corrected chi connectivity index (χ0v) is 9.59. The summed E-state index contributed by atoms with van der Waals surface area (Å²) in [6, 6.07) is 0. The Labute approximate surface area is 87.7 Å². The van der Waals surface area contributed by atoms with Crippen LogP contribution < -0.4 is 0 Å². The van der Waals surface area contributed by atoms with Crippen LogP contribution in [-0.2, 0) is 4.79 Å². The van der Waals surface area contributed by atoms with Crippen molar-refractivity contribution >= 4 is 5.78 Å². The van der Waals surface area contributed by atoms with Gasteiger partial charge in [-0.2, -0.15) is 0 Å². The van der Waals surface area contributed by atoms with Crippen LogP contribution in [0, 0.1) is 0 Å². The van der Waals surface area contributed by atoms with Crippen LogP contribution in [0.2, 0.25) is 0 Å². The second-order valence-corrected chi connectivity index (χ2v) is 3.93. The number of Topliss-reactive ketones (excluding diaryl/α,β-unsaturated/α-hetero) is 1. The van der Waals surface area contributed by atoms with E-state index in [1.54, 1.807) is 0 Å². The maximum absolute atomic E-state index is 11.3. The molecule has 1 N–H and O–H groups in total. The van der Waals surface area contributed by atoms with Crippen molar-refractivity contribution in [2.75, 3.05) is 0 Å². The van der Waals surface area contributed by atoms with Crippen LogP contribution >= 0.6 is 0 Å². The SMILES string of the molecule is CCCCCCCC(=O)C(O)CCC. The Morgan fingerprint density at radius 2 is 1.71 bits per heavy atom. The number of ketones is 1. The number of hydrogen-bond acceptors (Lipinski definition) is 2. The van der Waals surface area contributed by atoms with Crippen LogP contribution in [0.5, 0.6) is 0 Å². The Morgan fingerprint density at radius 3 is 2.29 bits per heavy atom. The standard InChI is InChI=1S/C12H24O2/c1-3-5-6-7-8-10-12(14)11(13)9-4-2/h11,13H,3-10H2,1-2H3. The first-order valence-electron chi connectivity index (χ1n) is 5.93. The second-order valence-electron chi connectivity index (χ2n) is 3.93. The highest BCUT2D eigenvalue weighted by molar-refractivity contribution is 5.82. The first kappa shape index (κ1) is 13.6. The minimum atomic E-state index is -0.703. The molecule has 84 valence electrons. The van der Waals surface area contributed by atoms with E-state index in [1.165, 1.54) is 19.3 Å². The average Bonchev–Trinajstić information content (AvgIpc) is 2.17. The zero-order valence-electron chi connectivity index (χ0n) is 9.59.